The van der Waals surface area contributed by atoms with Crippen LogP contribution in [-0.2, 0) is 9.53 Å². The molecule has 1 aromatic heterocycles. The minimum absolute atomic E-state index is 0.0182. The van der Waals surface area contributed by atoms with Crippen molar-refractivity contribution < 1.29 is 13.9 Å². The third kappa shape index (κ3) is 3.74. The smallest absolute Gasteiger partial charge is 0.323 e. The Bertz CT molecular complexity index is 731. The molecule has 1 fully saturated rings. The molecule has 1 saturated heterocycles. The van der Waals surface area contributed by atoms with E-state index >= 15 is 0 Å². The molecular weight excluding hydrogens is 321 g/mol. The van der Waals surface area contributed by atoms with Crippen LogP contribution in [0.15, 0.2) is 30.5 Å². The molecule has 134 valence electrons. The van der Waals surface area contributed by atoms with E-state index in [9.17, 15) is 9.18 Å². The zero-order valence-electron chi connectivity index (χ0n) is 14.7. The number of benzene rings is 1. The third-order valence-corrected chi connectivity index (χ3v) is 4.66. The number of H-pyrrole nitrogens is 1. The molecule has 0 unspecified atom stereocenters. The van der Waals surface area contributed by atoms with Gasteiger partial charge in [-0.2, -0.15) is 0 Å². The van der Waals surface area contributed by atoms with E-state index in [-0.39, 0.29) is 23.9 Å². The van der Waals surface area contributed by atoms with Crippen LogP contribution in [0, 0.1) is 5.82 Å². The molecule has 0 saturated carbocycles. The van der Waals surface area contributed by atoms with E-state index in [0.29, 0.717) is 17.9 Å². The van der Waals surface area contributed by atoms with Gasteiger partial charge in [-0.25, -0.2) is 9.37 Å². The van der Waals surface area contributed by atoms with Crippen molar-refractivity contribution in [2.45, 2.75) is 45.2 Å². The van der Waals surface area contributed by atoms with Gasteiger partial charge in [-0.3, -0.25) is 9.69 Å². The van der Waals surface area contributed by atoms with Crippen molar-refractivity contribution in [1.82, 2.24) is 14.9 Å². The molecule has 2 aromatic rings. The zero-order valence-corrected chi connectivity index (χ0v) is 14.7. The summed E-state index contributed by atoms with van der Waals surface area (Å²) in [5, 5.41) is 0. The Morgan fingerprint density at radius 1 is 1.48 bits per heavy atom. The number of esters is 1. The summed E-state index contributed by atoms with van der Waals surface area (Å²) < 4.78 is 19.3. The molecule has 0 amide bonds. The van der Waals surface area contributed by atoms with Gasteiger partial charge in [-0.05, 0) is 44.9 Å². The number of aromatic amines is 1. The summed E-state index contributed by atoms with van der Waals surface area (Å²) in [7, 11) is 0. The highest BCUT2D eigenvalue weighted by atomic mass is 19.1. The second-order valence-corrected chi connectivity index (χ2v) is 6.40. The molecule has 5 nitrogen and oxygen atoms in total. The number of rotatable bonds is 6. The lowest BCUT2D eigenvalue weighted by Gasteiger charge is -2.28. The first-order valence-electron chi connectivity index (χ1n) is 8.84. The summed E-state index contributed by atoms with van der Waals surface area (Å²) in [5.74, 6) is 0.290. The molecule has 1 N–H and O–H groups in total. The van der Waals surface area contributed by atoms with Crippen molar-refractivity contribution >= 4 is 5.97 Å². The Morgan fingerprint density at radius 2 is 2.28 bits per heavy atom. The van der Waals surface area contributed by atoms with E-state index in [4.69, 9.17) is 4.74 Å². The fourth-order valence-electron chi connectivity index (χ4n) is 3.33. The van der Waals surface area contributed by atoms with Gasteiger partial charge in [0.15, 0.2) is 0 Å². The molecule has 0 aliphatic carbocycles. The Morgan fingerprint density at radius 3 is 3.04 bits per heavy atom. The average molecular weight is 345 g/mol. The summed E-state index contributed by atoms with van der Waals surface area (Å²) in [6, 6.07) is 6.32. The van der Waals surface area contributed by atoms with E-state index < -0.39 is 0 Å². The quantitative estimate of drug-likeness (QED) is 0.811. The lowest BCUT2D eigenvalue weighted by molar-refractivity contribution is -0.149. The van der Waals surface area contributed by atoms with E-state index in [1.165, 1.54) is 6.07 Å². The Hall–Kier alpha value is -2.21. The highest BCUT2D eigenvalue weighted by molar-refractivity contribution is 5.75. The second-order valence-electron chi connectivity index (χ2n) is 6.40. The number of hydrogen-bond acceptors (Lipinski definition) is 4. The predicted octanol–water partition coefficient (Wildman–Crippen LogP) is 3.69. The summed E-state index contributed by atoms with van der Waals surface area (Å²) in [4.78, 5) is 22.0. The zero-order chi connectivity index (χ0) is 17.8. The van der Waals surface area contributed by atoms with Crippen molar-refractivity contribution in [2.24, 2.45) is 0 Å². The van der Waals surface area contributed by atoms with Crippen molar-refractivity contribution in [1.29, 1.82) is 0 Å². The lowest BCUT2D eigenvalue weighted by Crippen LogP contribution is -2.40. The second kappa shape index (κ2) is 7.78. The molecule has 2 atom stereocenters. The van der Waals surface area contributed by atoms with Crippen LogP contribution in [0.25, 0.3) is 11.3 Å². The molecule has 0 bridgehead atoms. The van der Waals surface area contributed by atoms with Crippen LogP contribution >= 0.6 is 0 Å². The van der Waals surface area contributed by atoms with Crippen LogP contribution < -0.4 is 0 Å². The van der Waals surface area contributed by atoms with Crippen LogP contribution in [0.5, 0.6) is 0 Å². The van der Waals surface area contributed by atoms with Crippen molar-refractivity contribution in [3.05, 3.63) is 42.1 Å². The minimum Gasteiger partial charge on any atom is -0.465 e. The number of hydrogen-bond donors (Lipinski definition) is 1. The van der Waals surface area contributed by atoms with Gasteiger partial charge in [-0.15, -0.1) is 0 Å². The maximum absolute atomic E-state index is 14.0. The van der Waals surface area contributed by atoms with E-state index in [0.717, 1.165) is 31.6 Å². The number of carbonyl (C=O) groups is 1. The van der Waals surface area contributed by atoms with Gasteiger partial charge in [0.2, 0.25) is 0 Å². The highest BCUT2D eigenvalue weighted by Crippen LogP contribution is 2.33. The summed E-state index contributed by atoms with van der Waals surface area (Å²) in [5.41, 5.74) is 1.15. The molecule has 1 aliphatic rings. The Labute approximate surface area is 147 Å². The highest BCUT2D eigenvalue weighted by Gasteiger charge is 2.35. The normalized spacial score (nSPS) is 19.1. The lowest BCUT2D eigenvalue weighted by atomic mass is 10.1. The van der Waals surface area contributed by atoms with E-state index in [1.807, 2.05) is 13.8 Å². The number of carbonyl (C=O) groups excluding carboxylic acids is 1. The van der Waals surface area contributed by atoms with Gasteiger partial charge in [0.05, 0.1) is 24.5 Å². The largest absolute Gasteiger partial charge is 0.465 e. The SMILES string of the molecule is CCCOC(=O)[C@H](C)N1CCC[C@H]1c1ncc(-c2ccccc2F)[nH]1. The van der Waals surface area contributed by atoms with Gasteiger partial charge in [-0.1, -0.05) is 19.1 Å². The molecule has 0 spiro atoms. The van der Waals surface area contributed by atoms with Crippen LogP contribution in [0.1, 0.15) is 45.0 Å². The molecule has 1 aliphatic heterocycles. The Balaban J connectivity index is 1.77. The molecule has 3 rings (SSSR count). The minimum atomic E-state index is -0.318. The number of aromatic nitrogens is 2. The summed E-state index contributed by atoms with van der Waals surface area (Å²) in [6.45, 7) is 5.11. The van der Waals surface area contributed by atoms with Gasteiger partial charge < -0.3 is 9.72 Å². The molecule has 6 heteroatoms. The molecular formula is C19H24FN3O2. The van der Waals surface area contributed by atoms with Crippen LogP contribution in [0.4, 0.5) is 4.39 Å². The summed E-state index contributed by atoms with van der Waals surface area (Å²) in [6.07, 6.45) is 4.37. The fourth-order valence-corrected chi connectivity index (χ4v) is 3.33. The van der Waals surface area contributed by atoms with E-state index in [2.05, 4.69) is 14.9 Å². The number of likely N-dealkylation sites (tertiary alicyclic amines) is 1. The Kier molecular flexibility index (Phi) is 5.48. The van der Waals surface area contributed by atoms with Crippen molar-refractivity contribution in [2.75, 3.05) is 13.2 Å². The van der Waals surface area contributed by atoms with E-state index in [1.54, 1.807) is 24.4 Å². The molecule has 2 heterocycles. The third-order valence-electron chi connectivity index (χ3n) is 4.66. The van der Waals surface area contributed by atoms with Crippen LogP contribution in [-0.4, -0.2) is 40.0 Å². The molecule has 1 aromatic carbocycles. The van der Waals surface area contributed by atoms with Crippen LogP contribution in [0.3, 0.4) is 0 Å². The number of halogens is 1. The van der Waals surface area contributed by atoms with Gasteiger partial charge in [0.1, 0.15) is 17.7 Å². The topological polar surface area (TPSA) is 58.2 Å². The maximum atomic E-state index is 14.0. The standard InChI is InChI=1S/C19H24FN3O2/c1-3-11-25-19(24)13(2)23-10-6-9-17(23)18-21-12-16(22-18)14-7-4-5-8-15(14)20/h4-5,7-8,12-13,17H,3,6,9-11H2,1-2H3,(H,21,22)/t13-,17-/m0/s1. The number of imidazole rings is 1. The monoisotopic (exact) mass is 345 g/mol. The van der Waals surface area contributed by atoms with Crippen molar-refractivity contribution in [3.63, 3.8) is 0 Å². The number of ether oxygens (including phenoxy) is 1. The van der Waals surface area contributed by atoms with Gasteiger partial charge >= 0.3 is 5.97 Å². The number of nitrogens with one attached hydrogen (secondary N) is 1. The van der Waals surface area contributed by atoms with Crippen molar-refractivity contribution in [3.8, 4) is 11.3 Å². The first kappa shape index (κ1) is 17.6. The maximum Gasteiger partial charge on any atom is 0.323 e. The number of nitrogens with zero attached hydrogens (tertiary/aromatic N) is 2. The predicted molar refractivity (Wildman–Crippen MR) is 93.4 cm³/mol. The first-order valence-corrected chi connectivity index (χ1v) is 8.84. The molecule has 25 heavy (non-hydrogen) atoms. The van der Waals surface area contributed by atoms with Crippen LogP contribution in [0.2, 0.25) is 0 Å². The average Bonchev–Trinajstić information content (AvgIpc) is 3.28. The van der Waals surface area contributed by atoms with Gasteiger partial charge in [0, 0.05) is 5.56 Å². The molecule has 0 radical (unpaired) electrons. The van der Waals surface area contributed by atoms with Gasteiger partial charge in [0.25, 0.3) is 0 Å². The summed E-state index contributed by atoms with van der Waals surface area (Å²) >= 11 is 0. The first-order chi connectivity index (χ1) is 12.1. The fraction of sp³-hybridized carbons (Fsp3) is 0.474.